The standard InChI is InChI=1S/C16H20ClN3O2/c1-2-21-11-15-18-16(13-6-7-22-10-13)20(19-15)9-12-4-3-5-14(17)8-12/h3-5,8,13H,2,6-7,9-11H2,1H3. The van der Waals surface area contributed by atoms with Crippen molar-refractivity contribution in [3.63, 3.8) is 0 Å². The van der Waals surface area contributed by atoms with Crippen molar-refractivity contribution < 1.29 is 9.47 Å². The molecular weight excluding hydrogens is 302 g/mol. The van der Waals surface area contributed by atoms with Crippen molar-refractivity contribution in [2.75, 3.05) is 19.8 Å². The lowest BCUT2D eigenvalue weighted by atomic mass is 10.1. The molecular formula is C16H20ClN3O2. The monoisotopic (exact) mass is 321 g/mol. The summed E-state index contributed by atoms with van der Waals surface area (Å²) < 4.78 is 12.9. The van der Waals surface area contributed by atoms with Gasteiger partial charge in [0.15, 0.2) is 5.82 Å². The van der Waals surface area contributed by atoms with Crippen LogP contribution in [0.4, 0.5) is 0 Å². The summed E-state index contributed by atoms with van der Waals surface area (Å²) in [4.78, 5) is 4.66. The van der Waals surface area contributed by atoms with Crippen LogP contribution in [0.3, 0.4) is 0 Å². The lowest BCUT2D eigenvalue weighted by Crippen LogP contribution is -2.11. The van der Waals surface area contributed by atoms with Crippen molar-refractivity contribution in [2.24, 2.45) is 0 Å². The topological polar surface area (TPSA) is 49.2 Å². The SMILES string of the molecule is CCOCc1nc(C2CCOC2)n(Cc2cccc(Cl)c2)n1. The highest BCUT2D eigenvalue weighted by atomic mass is 35.5. The molecule has 1 saturated heterocycles. The summed E-state index contributed by atoms with van der Waals surface area (Å²) in [6.45, 7) is 5.22. The van der Waals surface area contributed by atoms with Crippen LogP contribution in [0.15, 0.2) is 24.3 Å². The Bertz CT molecular complexity index is 624. The number of halogens is 1. The zero-order valence-corrected chi connectivity index (χ0v) is 13.4. The Morgan fingerprint density at radius 2 is 2.36 bits per heavy atom. The van der Waals surface area contributed by atoms with Crippen molar-refractivity contribution in [3.05, 3.63) is 46.5 Å². The zero-order chi connectivity index (χ0) is 15.4. The minimum absolute atomic E-state index is 0.307. The number of rotatable bonds is 6. The molecule has 0 amide bonds. The van der Waals surface area contributed by atoms with Crippen LogP contribution in [0.5, 0.6) is 0 Å². The molecule has 1 fully saturated rings. The average molecular weight is 322 g/mol. The second kappa shape index (κ2) is 7.22. The van der Waals surface area contributed by atoms with Gasteiger partial charge in [0, 0.05) is 24.2 Å². The lowest BCUT2D eigenvalue weighted by Gasteiger charge is -2.10. The Morgan fingerprint density at radius 3 is 3.09 bits per heavy atom. The van der Waals surface area contributed by atoms with Gasteiger partial charge in [0.05, 0.1) is 13.2 Å². The van der Waals surface area contributed by atoms with Gasteiger partial charge in [-0.2, -0.15) is 5.10 Å². The van der Waals surface area contributed by atoms with E-state index in [2.05, 4.69) is 10.1 Å². The molecule has 0 aliphatic carbocycles. The molecule has 1 aliphatic rings. The summed E-state index contributed by atoms with van der Waals surface area (Å²) in [6, 6.07) is 7.83. The Kier molecular flexibility index (Phi) is 5.08. The predicted octanol–water partition coefficient (Wildman–Crippen LogP) is 3.02. The Hall–Kier alpha value is -1.43. The van der Waals surface area contributed by atoms with Gasteiger partial charge in [-0.15, -0.1) is 0 Å². The largest absolute Gasteiger partial charge is 0.381 e. The number of benzene rings is 1. The average Bonchev–Trinajstić information content (AvgIpc) is 3.14. The van der Waals surface area contributed by atoms with E-state index in [0.717, 1.165) is 35.3 Å². The highest BCUT2D eigenvalue weighted by molar-refractivity contribution is 6.30. The smallest absolute Gasteiger partial charge is 0.176 e. The summed E-state index contributed by atoms with van der Waals surface area (Å²) in [5, 5.41) is 5.33. The summed E-state index contributed by atoms with van der Waals surface area (Å²) in [5.41, 5.74) is 1.11. The normalized spacial score (nSPS) is 18.0. The zero-order valence-electron chi connectivity index (χ0n) is 12.7. The van der Waals surface area contributed by atoms with E-state index in [9.17, 15) is 0 Å². The molecule has 0 spiro atoms. The molecule has 1 unspecified atom stereocenters. The molecule has 6 heteroatoms. The third kappa shape index (κ3) is 3.66. The van der Waals surface area contributed by atoms with Crippen molar-refractivity contribution in [2.45, 2.75) is 32.4 Å². The molecule has 1 atom stereocenters. The van der Waals surface area contributed by atoms with E-state index in [1.165, 1.54) is 0 Å². The Labute approximate surface area is 135 Å². The van der Waals surface area contributed by atoms with Crippen LogP contribution in [0.2, 0.25) is 5.02 Å². The van der Waals surface area contributed by atoms with Crippen LogP contribution in [-0.4, -0.2) is 34.6 Å². The van der Waals surface area contributed by atoms with Gasteiger partial charge in [0.2, 0.25) is 0 Å². The molecule has 0 radical (unpaired) electrons. The van der Waals surface area contributed by atoms with E-state index in [0.29, 0.717) is 32.3 Å². The third-order valence-corrected chi connectivity index (χ3v) is 3.93. The number of ether oxygens (including phenoxy) is 2. The Morgan fingerprint density at radius 1 is 1.45 bits per heavy atom. The fraction of sp³-hybridized carbons (Fsp3) is 0.500. The first-order chi connectivity index (χ1) is 10.8. The van der Waals surface area contributed by atoms with Crippen LogP contribution >= 0.6 is 11.6 Å². The molecule has 118 valence electrons. The summed E-state index contributed by atoms with van der Waals surface area (Å²) in [7, 11) is 0. The summed E-state index contributed by atoms with van der Waals surface area (Å²) >= 11 is 6.07. The molecule has 2 heterocycles. The van der Waals surface area contributed by atoms with Crippen molar-refractivity contribution >= 4 is 11.6 Å². The molecule has 0 saturated carbocycles. The van der Waals surface area contributed by atoms with Crippen LogP contribution in [0, 0.1) is 0 Å². The highest BCUT2D eigenvalue weighted by Crippen LogP contribution is 2.24. The van der Waals surface area contributed by atoms with Gasteiger partial charge in [-0.05, 0) is 31.0 Å². The van der Waals surface area contributed by atoms with E-state index in [4.69, 9.17) is 21.1 Å². The third-order valence-electron chi connectivity index (χ3n) is 3.70. The maximum absolute atomic E-state index is 6.07. The van der Waals surface area contributed by atoms with Gasteiger partial charge in [-0.1, -0.05) is 23.7 Å². The van der Waals surface area contributed by atoms with Crippen molar-refractivity contribution in [1.29, 1.82) is 0 Å². The quantitative estimate of drug-likeness (QED) is 0.820. The number of aromatic nitrogens is 3. The molecule has 0 bridgehead atoms. The molecule has 5 nitrogen and oxygen atoms in total. The van der Waals surface area contributed by atoms with Crippen molar-refractivity contribution in [1.82, 2.24) is 14.8 Å². The van der Waals surface area contributed by atoms with Gasteiger partial charge in [0.25, 0.3) is 0 Å². The molecule has 0 N–H and O–H groups in total. The van der Waals surface area contributed by atoms with E-state index in [-0.39, 0.29) is 0 Å². The first-order valence-corrected chi connectivity index (χ1v) is 7.97. The number of nitrogens with zero attached hydrogens (tertiary/aromatic N) is 3. The van der Waals surface area contributed by atoms with E-state index >= 15 is 0 Å². The van der Waals surface area contributed by atoms with Gasteiger partial charge >= 0.3 is 0 Å². The summed E-state index contributed by atoms with van der Waals surface area (Å²) in [5.74, 6) is 2.01. The van der Waals surface area contributed by atoms with Crippen LogP contribution in [-0.2, 0) is 22.6 Å². The molecule has 3 rings (SSSR count). The molecule has 1 aromatic heterocycles. The highest BCUT2D eigenvalue weighted by Gasteiger charge is 2.24. The minimum Gasteiger partial charge on any atom is -0.381 e. The maximum Gasteiger partial charge on any atom is 0.176 e. The molecule has 1 aliphatic heterocycles. The van der Waals surface area contributed by atoms with Crippen LogP contribution in [0.25, 0.3) is 0 Å². The second-order valence-electron chi connectivity index (χ2n) is 5.37. The first kappa shape index (κ1) is 15.5. The van der Waals surface area contributed by atoms with E-state index < -0.39 is 0 Å². The van der Waals surface area contributed by atoms with Crippen molar-refractivity contribution in [3.8, 4) is 0 Å². The molecule has 2 aromatic rings. The predicted molar refractivity (Wildman–Crippen MR) is 84.1 cm³/mol. The molecule has 22 heavy (non-hydrogen) atoms. The minimum atomic E-state index is 0.307. The maximum atomic E-state index is 6.07. The summed E-state index contributed by atoms with van der Waals surface area (Å²) in [6.07, 6.45) is 0.988. The number of hydrogen-bond donors (Lipinski definition) is 0. The van der Waals surface area contributed by atoms with Gasteiger partial charge in [-0.3, -0.25) is 0 Å². The van der Waals surface area contributed by atoms with E-state index in [1.807, 2.05) is 35.9 Å². The van der Waals surface area contributed by atoms with Crippen LogP contribution < -0.4 is 0 Å². The fourth-order valence-electron chi connectivity index (χ4n) is 2.62. The van der Waals surface area contributed by atoms with Gasteiger partial charge in [-0.25, -0.2) is 9.67 Å². The fourth-order valence-corrected chi connectivity index (χ4v) is 2.84. The Balaban J connectivity index is 1.84. The first-order valence-electron chi connectivity index (χ1n) is 7.60. The molecule has 1 aromatic carbocycles. The van der Waals surface area contributed by atoms with Gasteiger partial charge < -0.3 is 9.47 Å². The second-order valence-corrected chi connectivity index (χ2v) is 5.81. The van der Waals surface area contributed by atoms with E-state index in [1.54, 1.807) is 0 Å². The van der Waals surface area contributed by atoms with Gasteiger partial charge in [0.1, 0.15) is 12.4 Å². The number of hydrogen-bond acceptors (Lipinski definition) is 4. The lowest BCUT2D eigenvalue weighted by molar-refractivity contribution is 0.128. The van der Waals surface area contributed by atoms with Crippen LogP contribution in [0.1, 0.15) is 36.5 Å².